The van der Waals surface area contributed by atoms with E-state index in [-0.39, 0.29) is 28.9 Å². The van der Waals surface area contributed by atoms with Crippen LogP contribution in [-0.2, 0) is 29.2 Å². The van der Waals surface area contributed by atoms with Gasteiger partial charge in [-0.2, -0.15) is 0 Å². The van der Waals surface area contributed by atoms with Crippen molar-refractivity contribution in [1.82, 2.24) is 15.3 Å². The van der Waals surface area contributed by atoms with Gasteiger partial charge in [0.2, 0.25) is 15.0 Å². The molecule has 32 heavy (non-hydrogen) atoms. The molecule has 4 rings (SSSR count). The van der Waals surface area contributed by atoms with E-state index in [1.807, 2.05) is 0 Å². The number of furan rings is 1. The second-order valence-electron chi connectivity index (χ2n) is 7.03. The molecule has 0 bridgehead atoms. The number of aryl methyl sites for hydroxylation is 1. The van der Waals surface area contributed by atoms with E-state index in [0.29, 0.717) is 16.3 Å². The monoisotopic (exact) mass is 494 g/mol. The van der Waals surface area contributed by atoms with Crippen LogP contribution in [0.5, 0.6) is 0 Å². The molecule has 9 nitrogen and oxygen atoms in total. The predicted molar refractivity (Wildman–Crippen MR) is 119 cm³/mol. The number of rotatable bonds is 7. The maximum atomic E-state index is 13.0. The molecule has 0 radical (unpaired) electrons. The van der Waals surface area contributed by atoms with Crippen molar-refractivity contribution in [1.29, 1.82) is 0 Å². The largest absolute Gasteiger partial charge is 0.467 e. The lowest BCUT2D eigenvalue weighted by Crippen LogP contribution is -2.25. The highest BCUT2D eigenvalue weighted by molar-refractivity contribution is 7.91. The lowest BCUT2D eigenvalue weighted by molar-refractivity contribution is 0.0948. The molecule has 0 aliphatic heterocycles. The molecular weight excluding hydrogens is 476 g/mol. The third-order valence-electron chi connectivity index (χ3n) is 4.97. The van der Waals surface area contributed by atoms with Crippen molar-refractivity contribution in [2.24, 2.45) is 0 Å². The van der Waals surface area contributed by atoms with Gasteiger partial charge < -0.3 is 15.1 Å². The summed E-state index contributed by atoms with van der Waals surface area (Å²) in [5.74, 6) is -0.662. The van der Waals surface area contributed by atoms with Gasteiger partial charge in [0.1, 0.15) is 10.8 Å². The van der Waals surface area contributed by atoms with Gasteiger partial charge in [0.25, 0.3) is 11.8 Å². The Hall–Kier alpha value is -2.76. The Kier molecular flexibility index (Phi) is 6.31. The fraction of sp³-hybridized carbons (Fsp3) is 0.300. The van der Waals surface area contributed by atoms with Gasteiger partial charge in [0.05, 0.1) is 35.3 Å². The van der Waals surface area contributed by atoms with E-state index in [2.05, 4.69) is 20.6 Å². The molecule has 3 aromatic rings. The Bertz CT molecular complexity index is 1290. The van der Waals surface area contributed by atoms with Gasteiger partial charge in [-0.3, -0.25) is 9.59 Å². The molecule has 3 aromatic heterocycles. The van der Waals surface area contributed by atoms with Gasteiger partial charge in [-0.25, -0.2) is 18.4 Å². The second kappa shape index (κ2) is 9.00. The third kappa shape index (κ3) is 4.41. The Labute approximate surface area is 193 Å². The van der Waals surface area contributed by atoms with Crippen molar-refractivity contribution in [2.75, 3.05) is 11.1 Å². The first kappa shape index (κ1) is 22.4. The Morgan fingerprint density at radius 2 is 2.09 bits per heavy atom. The van der Waals surface area contributed by atoms with Crippen LogP contribution in [0.2, 0.25) is 5.02 Å². The number of carbonyl (C=O) groups excluding carboxylic acids is 2. The number of fused-ring (bicyclic) bond motifs is 1. The van der Waals surface area contributed by atoms with Crippen molar-refractivity contribution in [3.8, 4) is 0 Å². The summed E-state index contributed by atoms with van der Waals surface area (Å²) in [4.78, 5) is 34.5. The van der Waals surface area contributed by atoms with Crippen LogP contribution in [0.4, 0.5) is 5.00 Å². The quantitative estimate of drug-likeness (QED) is 0.482. The zero-order chi connectivity index (χ0) is 22.9. The number of hydrogen-bond donors (Lipinski definition) is 2. The number of aromatic nitrogens is 2. The lowest BCUT2D eigenvalue weighted by atomic mass is 10.1. The minimum absolute atomic E-state index is 0.0922. The van der Waals surface area contributed by atoms with Gasteiger partial charge in [-0.05, 0) is 37.0 Å². The molecule has 168 valence electrons. The van der Waals surface area contributed by atoms with Gasteiger partial charge >= 0.3 is 0 Å². The number of hydrogen-bond acceptors (Lipinski definition) is 8. The normalized spacial score (nSPS) is 13.1. The van der Waals surface area contributed by atoms with Crippen LogP contribution in [0.15, 0.2) is 34.2 Å². The highest BCUT2D eigenvalue weighted by Gasteiger charge is 2.29. The molecule has 1 aliphatic rings. The molecule has 12 heteroatoms. The number of halogens is 1. The summed E-state index contributed by atoms with van der Waals surface area (Å²) in [6.45, 7) is 1.66. The zero-order valence-corrected chi connectivity index (χ0v) is 19.4. The first-order valence-electron chi connectivity index (χ1n) is 9.82. The van der Waals surface area contributed by atoms with Crippen molar-refractivity contribution in [3.05, 3.63) is 57.1 Å². The number of amides is 2. The summed E-state index contributed by atoms with van der Waals surface area (Å²) in [5.41, 5.74) is 1.03. The maximum absolute atomic E-state index is 13.0. The van der Waals surface area contributed by atoms with Crippen LogP contribution < -0.4 is 10.6 Å². The number of nitrogens with one attached hydrogen (secondary N) is 2. The topological polar surface area (TPSA) is 131 Å². The summed E-state index contributed by atoms with van der Waals surface area (Å²) < 4.78 is 29.4. The molecule has 1 aliphatic carbocycles. The fourth-order valence-electron chi connectivity index (χ4n) is 3.35. The van der Waals surface area contributed by atoms with Crippen LogP contribution in [0, 0.1) is 0 Å². The van der Waals surface area contributed by atoms with Gasteiger partial charge in [0, 0.05) is 4.88 Å². The summed E-state index contributed by atoms with van der Waals surface area (Å²) in [5, 5.41) is 5.31. The van der Waals surface area contributed by atoms with Crippen LogP contribution in [-0.4, -0.2) is 36.0 Å². The first-order chi connectivity index (χ1) is 15.3. The molecule has 0 fully saturated rings. The second-order valence-corrected chi connectivity index (χ2v) is 10.7. The fourth-order valence-corrected chi connectivity index (χ4v) is 5.51. The minimum Gasteiger partial charge on any atom is -0.467 e. The van der Waals surface area contributed by atoms with Crippen LogP contribution in [0.1, 0.15) is 50.4 Å². The molecule has 3 heterocycles. The average Bonchev–Trinajstić information content (AvgIpc) is 3.50. The van der Waals surface area contributed by atoms with Gasteiger partial charge in [0.15, 0.2) is 5.69 Å². The molecule has 0 atom stereocenters. The summed E-state index contributed by atoms with van der Waals surface area (Å²) >= 11 is 7.39. The molecule has 0 spiro atoms. The highest BCUT2D eigenvalue weighted by Crippen LogP contribution is 2.39. The Balaban J connectivity index is 1.62. The van der Waals surface area contributed by atoms with E-state index >= 15 is 0 Å². The number of thiophene rings is 1. The Morgan fingerprint density at radius 1 is 1.28 bits per heavy atom. The summed E-state index contributed by atoms with van der Waals surface area (Å²) in [6.07, 6.45) is 5.09. The smallest absolute Gasteiger partial charge is 0.276 e. The zero-order valence-electron chi connectivity index (χ0n) is 17.0. The SMILES string of the molecule is CCS(=O)(=O)c1ncc(Cl)c(C(=O)Nc2sc3c(c2C(=O)NCc2ccco2)CCC3)n1. The number of anilines is 1. The Morgan fingerprint density at radius 3 is 2.81 bits per heavy atom. The molecule has 0 saturated heterocycles. The summed E-state index contributed by atoms with van der Waals surface area (Å²) in [6, 6.07) is 3.48. The standard InChI is InChI=1S/C20H19ClN4O5S2/c1-2-32(28,29)20-23-10-13(21)16(24-20)18(27)25-19-15(12-6-3-7-14(12)31-19)17(26)22-9-11-5-4-8-30-11/h4-5,8,10H,2-3,6-7,9H2,1H3,(H,22,26)(H,25,27). The predicted octanol–water partition coefficient (Wildman–Crippen LogP) is 3.25. The number of carbonyl (C=O) groups is 2. The maximum Gasteiger partial charge on any atom is 0.276 e. The number of nitrogens with zero attached hydrogens (tertiary/aromatic N) is 2. The molecule has 2 N–H and O–H groups in total. The van der Waals surface area contributed by atoms with E-state index in [0.717, 1.165) is 35.9 Å². The minimum atomic E-state index is -3.72. The van der Waals surface area contributed by atoms with Crippen LogP contribution in [0.3, 0.4) is 0 Å². The molecule has 0 aromatic carbocycles. The van der Waals surface area contributed by atoms with E-state index in [1.54, 1.807) is 12.1 Å². The molecule has 2 amide bonds. The van der Waals surface area contributed by atoms with Crippen LogP contribution >= 0.6 is 22.9 Å². The van der Waals surface area contributed by atoms with Crippen molar-refractivity contribution < 1.29 is 22.4 Å². The van der Waals surface area contributed by atoms with Crippen molar-refractivity contribution in [3.63, 3.8) is 0 Å². The van der Waals surface area contributed by atoms with E-state index in [1.165, 1.54) is 24.5 Å². The number of sulfone groups is 1. The summed E-state index contributed by atoms with van der Waals surface area (Å²) in [7, 11) is -3.72. The highest BCUT2D eigenvalue weighted by atomic mass is 35.5. The van der Waals surface area contributed by atoms with E-state index in [4.69, 9.17) is 16.0 Å². The average molecular weight is 495 g/mol. The first-order valence-corrected chi connectivity index (χ1v) is 12.7. The van der Waals surface area contributed by atoms with Gasteiger partial charge in [-0.15, -0.1) is 11.3 Å². The van der Waals surface area contributed by atoms with Crippen molar-refractivity contribution >= 4 is 49.6 Å². The third-order valence-corrected chi connectivity index (χ3v) is 7.97. The van der Waals surface area contributed by atoms with Gasteiger partial charge in [-0.1, -0.05) is 18.5 Å². The molecule has 0 saturated carbocycles. The molecular formula is C20H19ClN4O5S2. The molecule has 0 unspecified atom stereocenters. The van der Waals surface area contributed by atoms with Crippen LogP contribution in [0.25, 0.3) is 0 Å². The van der Waals surface area contributed by atoms with E-state index < -0.39 is 20.9 Å². The van der Waals surface area contributed by atoms with E-state index in [9.17, 15) is 18.0 Å². The van der Waals surface area contributed by atoms with Crippen molar-refractivity contribution in [2.45, 2.75) is 37.9 Å². The lowest BCUT2D eigenvalue weighted by Gasteiger charge is -2.10.